The van der Waals surface area contributed by atoms with E-state index in [0.29, 0.717) is 5.69 Å². The topological polar surface area (TPSA) is 96.4 Å². The van der Waals surface area contributed by atoms with E-state index in [0.717, 1.165) is 6.07 Å². The van der Waals surface area contributed by atoms with Crippen LogP contribution in [0.25, 0.3) is 0 Å². The van der Waals surface area contributed by atoms with Crippen molar-refractivity contribution in [2.75, 3.05) is 0 Å². The fourth-order valence-electron chi connectivity index (χ4n) is 1.79. The molecule has 2 N–H and O–H groups in total. The summed E-state index contributed by atoms with van der Waals surface area (Å²) in [6.07, 6.45) is 1.57. The summed E-state index contributed by atoms with van der Waals surface area (Å²) in [5.74, 6) is -1.18. The van der Waals surface area contributed by atoms with Gasteiger partial charge in [0.1, 0.15) is 0 Å². The number of carboxylic acids is 1. The van der Waals surface area contributed by atoms with Crippen molar-refractivity contribution in [3.63, 3.8) is 0 Å². The van der Waals surface area contributed by atoms with Crippen molar-refractivity contribution in [2.45, 2.75) is 17.9 Å². The summed E-state index contributed by atoms with van der Waals surface area (Å²) in [6.45, 7) is 1.67. The fraction of sp³-hybridized carbons (Fsp3) is 0.143. The van der Waals surface area contributed by atoms with Gasteiger partial charge in [0.25, 0.3) is 0 Å². The third-order valence-corrected chi connectivity index (χ3v) is 4.39. The van der Waals surface area contributed by atoms with Gasteiger partial charge >= 0.3 is 5.97 Å². The van der Waals surface area contributed by atoms with E-state index >= 15 is 0 Å². The van der Waals surface area contributed by atoms with Crippen molar-refractivity contribution >= 4 is 16.0 Å². The number of hydrogen-bond donors (Lipinski definition) is 2. The van der Waals surface area contributed by atoms with E-state index in [1.807, 2.05) is 0 Å². The van der Waals surface area contributed by atoms with E-state index in [2.05, 4.69) is 9.71 Å². The molecule has 2 aromatic rings. The molecule has 7 heteroatoms. The fourth-order valence-corrected chi connectivity index (χ4v) is 3.05. The summed E-state index contributed by atoms with van der Waals surface area (Å²) < 4.78 is 27.0. The molecule has 2 rings (SSSR count). The zero-order valence-electron chi connectivity index (χ0n) is 11.2. The first kappa shape index (κ1) is 15.1. The van der Waals surface area contributed by atoms with E-state index in [1.54, 1.807) is 31.3 Å². The number of pyridine rings is 1. The first-order chi connectivity index (χ1) is 9.90. The van der Waals surface area contributed by atoms with E-state index in [-0.39, 0.29) is 10.5 Å². The molecule has 21 heavy (non-hydrogen) atoms. The summed E-state index contributed by atoms with van der Waals surface area (Å²) in [7, 11) is -3.82. The van der Waals surface area contributed by atoms with Gasteiger partial charge in [-0.05, 0) is 37.3 Å². The van der Waals surface area contributed by atoms with Crippen molar-refractivity contribution in [2.24, 2.45) is 0 Å². The maximum atomic E-state index is 12.3. The Bertz CT molecular complexity index is 745. The van der Waals surface area contributed by atoms with Crippen LogP contribution in [-0.2, 0) is 10.0 Å². The molecule has 0 bridgehead atoms. The molecular weight excluding hydrogens is 292 g/mol. The van der Waals surface area contributed by atoms with E-state index in [1.165, 1.54) is 18.2 Å². The quantitative estimate of drug-likeness (QED) is 0.878. The predicted octanol–water partition coefficient (Wildman–Crippen LogP) is 1.82. The Balaban J connectivity index is 2.26. The standard InChI is InChI=1S/C14H14N2O4S/c1-10(13-7-2-3-8-15-13)16-21(19,20)12-6-4-5-11(9-12)14(17)18/h2-10,16H,1H3,(H,17,18)/t10-/m1/s1. The lowest BCUT2D eigenvalue weighted by Gasteiger charge is -2.14. The van der Waals surface area contributed by atoms with Crippen LogP contribution in [0.2, 0.25) is 0 Å². The molecule has 1 aromatic heterocycles. The maximum Gasteiger partial charge on any atom is 0.335 e. The predicted molar refractivity (Wildman–Crippen MR) is 76.4 cm³/mol. The van der Waals surface area contributed by atoms with Gasteiger partial charge in [-0.2, -0.15) is 0 Å². The van der Waals surface area contributed by atoms with E-state index in [4.69, 9.17) is 5.11 Å². The SMILES string of the molecule is C[C@@H](NS(=O)(=O)c1cccc(C(=O)O)c1)c1ccccn1. The summed E-state index contributed by atoms with van der Waals surface area (Å²) in [4.78, 5) is 14.9. The number of aromatic carboxylic acids is 1. The molecule has 0 amide bonds. The van der Waals surface area contributed by atoms with Crippen LogP contribution < -0.4 is 4.72 Å². The van der Waals surface area contributed by atoms with Crippen LogP contribution in [0.1, 0.15) is 29.0 Å². The van der Waals surface area contributed by atoms with E-state index in [9.17, 15) is 13.2 Å². The zero-order valence-corrected chi connectivity index (χ0v) is 12.0. The van der Waals surface area contributed by atoms with Gasteiger partial charge in [0, 0.05) is 6.20 Å². The summed E-state index contributed by atoms with van der Waals surface area (Å²) in [5.41, 5.74) is 0.499. The largest absolute Gasteiger partial charge is 0.478 e. The van der Waals surface area contributed by atoms with Crippen LogP contribution in [0.5, 0.6) is 0 Å². The van der Waals surface area contributed by atoms with Crippen molar-refractivity contribution in [3.8, 4) is 0 Å². The van der Waals surface area contributed by atoms with Gasteiger partial charge in [-0.25, -0.2) is 17.9 Å². The van der Waals surface area contributed by atoms with Gasteiger partial charge in [0.05, 0.1) is 22.2 Å². The number of nitrogens with zero attached hydrogens (tertiary/aromatic N) is 1. The molecule has 0 aliphatic heterocycles. The highest BCUT2D eigenvalue weighted by atomic mass is 32.2. The minimum absolute atomic E-state index is 0.0802. The number of aromatic nitrogens is 1. The Morgan fingerprint density at radius 1 is 1.24 bits per heavy atom. The monoisotopic (exact) mass is 306 g/mol. The molecule has 0 aliphatic rings. The molecule has 0 saturated carbocycles. The van der Waals surface area contributed by atoms with Crippen LogP contribution >= 0.6 is 0 Å². The van der Waals surface area contributed by atoms with Crippen LogP contribution in [0.3, 0.4) is 0 Å². The van der Waals surface area contributed by atoms with Gasteiger partial charge in [-0.1, -0.05) is 12.1 Å². The molecule has 0 aliphatic carbocycles. The number of hydrogen-bond acceptors (Lipinski definition) is 4. The van der Waals surface area contributed by atoms with Crippen LogP contribution in [0.15, 0.2) is 53.6 Å². The van der Waals surface area contributed by atoms with Gasteiger partial charge in [-0.3, -0.25) is 4.98 Å². The Morgan fingerprint density at radius 3 is 2.62 bits per heavy atom. The number of nitrogens with one attached hydrogen (secondary N) is 1. The molecule has 6 nitrogen and oxygen atoms in total. The molecule has 1 heterocycles. The van der Waals surface area contributed by atoms with Crippen molar-refractivity contribution in [3.05, 3.63) is 59.9 Å². The molecule has 0 fully saturated rings. The zero-order chi connectivity index (χ0) is 15.5. The Morgan fingerprint density at radius 2 is 2.00 bits per heavy atom. The van der Waals surface area contributed by atoms with Crippen LogP contribution in [-0.4, -0.2) is 24.5 Å². The minimum atomic E-state index is -3.82. The summed E-state index contributed by atoms with van der Waals surface area (Å²) in [6, 6.07) is 9.88. The van der Waals surface area contributed by atoms with E-state index < -0.39 is 22.0 Å². The van der Waals surface area contributed by atoms with Gasteiger partial charge in [0.2, 0.25) is 10.0 Å². The maximum absolute atomic E-state index is 12.3. The summed E-state index contributed by atoms with van der Waals surface area (Å²) in [5, 5.41) is 8.91. The number of benzene rings is 1. The third-order valence-electron chi connectivity index (χ3n) is 2.85. The Hall–Kier alpha value is -2.25. The normalized spacial score (nSPS) is 12.8. The second kappa shape index (κ2) is 6.02. The number of carbonyl (C=O) groups is 1. The minimum Gasteiger partial charge on any atom is -0.478 e. The van der Waals surface area contributed by atoms with Crippen LogP contribution in [0, 0.1) is 0 Å². The van der Waals surface area contributed by atoms with Crippen molar-refractivity contribution in [1.29, 1.82) is 0 Å². The first-order valence-electron chi connectivity index (χ1n) is 6.17. The summed E-state index contributed by atoms with van der Waals surface area (Å²) >= 11 is 0. The first-order valence-corrected chi connectivity index (χ1v) is 7.65. The molecule has 0 saturated heterocycles. The molecule has 0 unspecified atom stereocenters. The average Bonchev–Trinajstić information content (AvgIpc) is 2.48. The highest BCUT2D eigenvalue weighted by Gasteiger charge is 2.20. The third kappa shape index (κ3) is 3.65. The van der Waals surface area contributed by atoms with Crippen molar-refractivity contribution in [1.82, 2.24) is 9.71 Å². The number of sulfonamides is 1. The van der Waals surface area contributed by atoms with Gasteiger partial charge < -0.3 is 5.11 Å². The number of carboxylic acid groups (broad SMARTS) is 1. The van der Waals surface area contributed by atoms with Crippen LogP contribution in [0.4, 0.5) is 0 Å². The van der Waals surface area contributed by atoms with Gasteiger partial charge in [0.15, 0.2) is 0 Å². The smallest absolute Gasteiger partial charge is 0.335 e. The molecule has 1 aromatic carbocycles. The lowest BCUT2D eigenvalue weighted by molar-refractivity contribution is 0.0696. The van der Waals surface area contributed by atoms with Gasteiger partial charge in [-0.15, -0.1) is 0 Å². The highest BCUT2D eigenvalue weighted by Crippen LogP contribution is 2.16. The molecule has 0 radical (unpaired) electrons. The Kier molecular flexibility index (Phi) is 4.35. The molecule has 0 spiro atoms. The lowest BCUT2D eigenvalue weighted by Crippen LogP contribution is -2.27. The molecular formula is C14H14N2O4S. The van der Waals surface area contributed by atoms with Crippen molar-refractivity contribution < 1.29 is 18.3 Å². The highest BCUT2D eigenvalue weighted by molar-refractivity contribution is 7.89. The molecule has 110 valence electrons. The average molecular weight is 306 g/mol. The second-order valence-corrected chi connectivity index (χ2v) is 6.14. The lowest BCUT2D eigenvalue weighted by atomic mass is 10.2. The Labute approximate surface area is 122 Å². The second-order valence-electron chi connectivity index (χ2n) is 4.43. The number of rotatable bonds is 5. The molecule has 1 atom stereocenters.